The molecular formula is C24H18Cl4N2O3. The maximum atomic E-state index is 12.6. The first-order chi connectivity index (χ1) is 15.6. The third kappa shape index (κ3) is 6.27. The third-order valence-electron chi connectivity index (χ3n) is 4.58. The lowest BCUT2D eigenvalue weighted by Crippen LogP contribution is -2.44. The summed E-state index contributed by atoms with van der Waals surface area (Å²) in [5, 5.41) is 5.34. The van der Waals surface area contributed by atoms with Crippen molar-refractivity contribution in [3.63, 3.8) is 0 Å². The van der Waals surface area contributed by atoms with E-state index in [1.165, 1.54) is 6.21 Å². The molecule has 0 radical (unpaired) electrons. The van der Waals surface area contributed by atoms with Crippen LogP contribution in [0.25, 0.3) is 0 Å². The fraction of sp³-hybridized carbons (Fsp3) is 0.125. The summed E-state index contributed by atoms with van der Waals surface area (Å²) < 4.78 is 5.80. The van der Waals surface area contributed by atoms with Gasteiger partial charge in [0.25, 0.3) is 5.91 Å². The summed E-state index contributed by atoms with van der Waals surface area (Å²) in [6, 6.07) is 16.3. The number of ether oxygens (including phenoxy) is 1. The zero-order valence-electron chi connectivity index (χ0n) is 17.5. The van der Waals surface area contributed by atoms with Crippen molar-refractivity contribution in [2.45, 2.75) is 19.4 Å². The Labute approximate surface area is 211 Å². The van der Waals surface area contributed by atoms with Crippen molar-refractivity contribution < 1.29 is 14.3 Å². The number of hydrazone groups is 1. The molecule has 1 N–H and O–H groups in total. The molecule has 0 aliphatic rings. The van der Waals surface area contributed by atoms with Crippen LogP contribution in [0.3, 0.4) is 0 Å². The molecule has 3 rings (SSSR count). The molecule has 0 aromatic heterocycles. The molecule has 0 atom stereocenters. The average molecular weight is 524 g/mol. The minimum atomic E-state index is -1.26. The van der Waals surface area contributed by atoms with E-state index < -0.39 is 11.5 Å². The van der Waals surface area contributed by atoms with Crippen LogP contribution in [0.15, 0.2) is 65.8 Å². The zero-order valence-corrected chi connectivity index (χ0v) is 20.6. The van der Waals surface area contributed by atoms with E-state index in [9.17, 15) is 9.59 Å². The average Bonchev–Trinajstić information content (AvgIpc) is 2.79. The quantitative estimate of drug-likeness (QED) is 0.159. The lowest BCUT2D eigenvalue weighted by molar-refractivity contribution is -0.134. The Morgan fingerprint density at radius 2 is 1.39 bits per heavy atom. The van der Waals surface area contributed by atoms with Gasteiger partial charge in [0.15, 0.2) is 11.4 Å². The van der Waals surface area contributed by atoms with Gasteiger partial charge < -0.3 is 4.74 Å². The Hall–Kier alpha value is -2.57. The van der Waals surface area contributed by atoms with E-state index in [1.54, 1.807) is 74.5 Å². The van der Waals surface area contributed by atoms with Crippen molar-refractivity contribution >= 4 is 64.3 Å². The minimum Gasteiger partial charge on any atom is -0.478 e. The van der Waals surface area contributed by atoms with Gasteiger partial charge in [-0.3, -0.25) is 9.59 Å². The Bertz CT molecular complexity index is 1210. The van der Waals surface area contributed by atoms with Gasteiger partial charge in [0, 0.05) is 21.7 Å². The number of nitrogens with one attached hydrogen (secondary N) is 1. The number of carbonyl (C=O) groups excluding carboxylic acids is 2. The van der Waals surface area contributed by atoms with Crippen molar-refractivity contribution in [2.75, 3.05) is 0 Å². The summed E-state index contributed by atoms with van der Waals surface area (Å²) in [6.45, 7) is 3.17. The van der Waals surface area contributed by atoms with E-state index >= 15 is 0 Å². The van der Waals surface area contributed by atoms with Gasteiger partial charge in [-0.15, -0.1) is 0 Å². The van der Waals surface area contributed by atoms with E-state index in [1.807, 2.05) is 0 Å². The minimum absolute atomic E-state index is 0.150. The lowest BCUT2D eigenvalue weighted by Gasteiger charge is -2.24. The van der Waals surface area contributed by atoms with E-state index in [2.05, 4.69) is 10.5 Å². The first kappa shape index (κ1) is 25.1. The Morgan fingerprint density at radius 3 is 2.00 bits per heavy atom. The molecule has 9 heteroatoms. The van der Waals surface area contributed by atoms with Crippen LogP contribution in [0.4, 0.5) is 0 Å². The van der Waals surface area contributed by atoms with Crippen molar-refractivity contribution in [3.05, 3.63) is 97.4 Å². The van der Waals surface area contributed by atoms with E-state index in [4.69, 9.17) is 51.1 Å². The van der Waals surface area contributed by atoms with Gasteiger partial charge in [-0.25, -0.2) is 5.43 Å². The summed E-state index contributed by atoms with van der Waals surface area (Å²) in [4.78, 5) is 25.2. The summed E-state index contributed by atoms with van der Waals surface area (Å²) in [6.07, 6.45) is 1.31. The van der Waals surface area contributed by atoms with Crippen molar-refractivity contribution in [2.24, 2.45) is 5.10 Å². The second-order valence-corrected chi connectivity index (χ2v) is 9.06. The van der Waals surface area contributed by atoms with Crippen molar-refractivity contribution in [1.29, 1.82) is 0 Å². The first-order valence-electron chi connectivity index (χ1n) is 9.65. The Balaban J connectivity index is 1.65. The highest BCUT2D eigenvalue weighted by molar-refractivity contribution is 6.45. The van der Waals surface area contributed by atoms with Crippen LogP contribution in [0.1, 0.15) is 35.3 Å². The number of benzene rings is 3. The molecule has 5 nitrogen and oxygen atoms in total. The van der Waals surface area contributed by atoms with Crippen LogP contribution >= 0.6 is 46.4 Å². The van der Waals surface area contributed by atoms with Crippen molar-refractivity contribution in [3.8, 4) is 5.75 Å². The molecule has 0 bridgehead atoms. The number of hydrogen-bond donors (Lipinski definition) is 1. The Kier molecular flexibility index (Phi) is 8.03. The summed E-state index contributed by atoms with van der Waals surface area (Å²) >= 11 is 24.1. The number of nitrogens with zero attached hydrogens (tertiary/aromatic N) is 1. The standard InChI is InChI=1S/C24H18Cl4N2O3/c1-24(2,23(32)30-29-13-18-19(26)11-12-20(27)21(18)28)33-17-9-5-15(6-10-17)22(31)14-3-7-16(25)8-4-14/h3-13H,1-2H3,(H,30,32)/b29-13+. The third-order valence-corrected chi connectivity index (χ3v) is 5.98. The molecule has 0 saturated carbocycles. The summed E-state index contributed by atoms with van der Waals surface area (Å²) in [5.74, 6) is -0.245. The van der Waals surface area contributed by atoms with Gasteiger partial charge in [0.05, 0.1) is 21.3 Å². The number of hydrogen-bond acceptors (Lipinski definition) is 4. The zero-order chi connectivity index (χ0) is 24.2. The second kappa shape index (κ2) is 10.6. The molecule has 1 amide bonds. The monoisotopic (exact) mass is 522 g/mol. The molecule has 0 heterocycles. The highest BCUT2D eigenvalue weighted by Crippen LogP contribution is 2.30. The molecule has 170 valence electrons. The smallest absolute Gasteiger partial charge is 0.283 e. The lowest BCUT2D eigenvalue weighted by atomic mass is 10.0. The molecule has 0 spiro atoms. The van der Waals surface area contributed by atoms with E-state index in [0.29, 0.717) is 37.5 Å². The topological polar surface area (TPSA) is 67.8 Å². The van der Waals surface area contributed by atoms with Crippen molar-refractivity contribution in [1.82, 2.24) is 5.43 Å². The van der Waals surface area contributed by atoms with Crippen LogP contribution in [-0.2, 0) is 4.79 Å². The largest absolute Gasteiger partial charge is 0.478 e. The number of halogens is 4. The molecular weight excluding hydrogens is 506 g/mol. The summed E-state index contributed by atoms with van der Waals surface area (Å²) in [7, 11) is 0. The highest BCUT2D eigenvalue weighted by atomic mass is 35.5. The highest BCUT2D eigenvalue weighted by Gasteiger charge is 2.30. The second-order valence-electron chi connectivity index (χ2n) is 7.43. The van der Waals surface area contributed by atoms with Gasteiger partial charge in [0.2, 0.25) is 0 Å². The van der Waals surface area contributed by atoms with E-state index in [0.717, 1.165) is 0 Å². The molecule has 3 aromatic carbocycles. The van der Waals surface area contributed by atoms with Crippen LogP contribution in [0.2, 0.25) is 20.1 Å². The Morgan fingerprint density at radius 1 is 0.848 bits per heavy atom. The van der Waals surface area contributed by atoms with Gasteiger partial charge in [-0.05, 0) is 74.5 Å². The van der Waals surface area contributed by atoms with Gasteiger partial charge in [0.1, 0.15) is 5.75 Å². The van der Waals surface area contributed by atoms with Crippen LogP contribution < -0.4 is 10.2 Å². The first-order valence-corrected chi connectivity index (χ1v) is 11.2. The SMILES string of the molecule is CC(C)(Oc1ccc(C(=O)c2ccc(Cl)cc2)cc1)C(=O)N/N=C/c1c(Cl)ccc(Cl)c1Cl. The number of amides is 1. The van der Waals surface area contributed by atoms with Gasteiger partial charge in [-0.2, -0.15) is 5.10 Å². The molecule has 33 heavy (non-hydrogen) atoms. The number of ketones is 1. The number of rotatable bonds is 7. The normalized spacial score (nSPS) is 11.5. The van der Waals surface area contributed by atoms with Crippen LogP contribution in [-0.4, -0.2) is 23.5 Å². The van der Waals surface area contributed by atoms with Gasteiger partial charge >= 0.3 is 0 Å². The summed E-state index contributed by atoms with van der Waals surface area (Å²) in [5.41, 5.74) is 2.52. The molecule has 0 fully saturated rings. The van der Waals surface area contributed by atoms with Crippen LogP contribution in [0, 0.1) is 0 Å². The molecule has 0 aliphatic carbocycles. The molecule has 3 aromatic rings. The fourth-order valence-corrected chi connectivity index (χ4v) is 3.49. The van der Waals surface area contributed by atoms with Gasteiger partial charge in [-0.1, -0.05) is 46.4 Å². The predicted octanol–water partition coefficient (Wildman–Crippen LogP) is 6.84. The van der Waals surface area contributed by atoms with E-state index in [-0.39, 0.29) is 10.8 Å². The number of carbonyl (C=O) groups is 2. The molecule has 0 aliphatic heterocycles. The predicted molar refractivity (Wildman–Crippen MR) is 133 cm³/mol. The molecule has 0 unspecified atom stereocenters. The maximum absolute atomic E-state index is 12.6. The maximum Gasteiger partial charge on any atom is 0.283 e. The molecule has 0 saturated heterocycles. The fourth-order valence-electron chi connectivity index (χ4n) is 2.73. The van der Waals surface area contributed by atoms with Crippen LogP contribution in [0.5, 0.6) is 5.75 Å².